The molecular formula is C6H3Br2Y-. The average Bonchev–Trinajstić information content (AvgIpc) is 1.64. The Kier molecular flexibility index (Phi) is 5.72. The summed E-state index contributed by atoms with van der Waals surface area (Å²) in [6.45, 7) is 0. The van der Waals surface area contributed by atoms with Crippen molar-refractivity contribution < 1.29 is 32.7 Å². The van der Waals surface area contributed by atoms with Crippen LogP contribution >= 0.6 is 31.9 Å². The first kappa shape index (κ1) is 10.3. The van der Waals surface area contributed by atoms with E-state index in [2.05, 4.69) is 37.9 Å². The van der Waals surface area contributed by atoms with E-state index in [0.29, 0.717) is 0 Å². The van der Waals surface area contributed by atoms with Crippen molar-refractivity contribution in [1.29, 1.82) is 0 Å². The molecule has 0 bridgehead atoms. The van der Waals surface area contributed by atoms with Gasteiger partial charge >= 0.3 is 0 Å². The summed E-state index contributed by atoms with van der Waals surface area (Å²) in [6.07, 6.45) is 0. The first-order valence-corrected chi connectivity index (χ1v) is 3.70. The third-order valence-corrected chi connectivity index (χ3v) is 1.63. The van der Waals surface area contributed by atoms with E-state index in [1.165, 1.54) is 0 Å². The van der Waals surface area contributed by atoms with Crippen LogP contribution in [0.1, 0.15) is 0 Å². The molecule has 0 aliphatic heterocycles. The predicted molar refractivity (Wildman–Crippen MR) is 40.7 cm³/mol. The van der Waals surface area contributed by atoms with Gasteiger partial charge in [-0.3, -0.25) is 0 Å². The summed E-state index contributed by atoms with van der Waals surface area (Å²) in [6, 6.07) is 8.64. The molecule has 0 saturated carbocycles. The average molecular weight is 324 g/mol. The number of rotatable bonds is 0. The van der Waals surface area contributed by atoms with Crippen LogP contribution in [-0.4, -0.2) is 0 Å². The minimum Gasteiger partial charge on any atom is -0.182 e. The van der Waals surface area contributed by atoms with Gasteiger partial charge in [-0.1, -0.05) is 8.95 Å². The molecule has 1 rings (SSSR count). The second-order valence-electron chi connectivity index (χ2n) is 1.37. The molecule has 0 spiro atoms. The number of halogens is 2. The Labute approximate surface area is 96.6 Å². The SMILES string of the molecule is Brc1c[c-]cc(Br)c1.[Y]. The normalized spacial score (nSPS) is 8.22. The zero-order valence-electron chi connectivity index (χ0n) is 4.57. The first-order valence-electron chi connectivity index (χ1n) is 2.11. The van der Waals surface area contributed by atoms with Gasteiger partial charge in [-0.25, -0.2) is 0 Å². The summed E-state index contributed by atoms with van der Waals surface area (Å²) in [4.78, 5) is 0. The third kappa shape index (κ3) is 3.87. The van der Waals surface area contributed by atoms with Crippen LogP contribution in [0, 0.1) is 6.07 Å². The van der Waals surface area contributed by atoms with Gasteiger partial charge in [-0.05, 0) is 0 Å². The van der Waals surface area contributed by atoms with Gasteiger partial charge in [0.25, 0.3) is 0 Å². The molecule has 0 saturated heterocycles. The molecule has 1 aromatic carbocycles. The maximum atomic E-state index is 3.30. The maximum absolute atomic E-state index is 3.30. The Morgan fingerprint density at radius 1 is 1.11 bits per heavy atom. The Hall–Kier alpha value is 1.28. The van der Waals surface area contributed by atoms with Crippen LogP contribution in [0.5, 0.6) is 0 Å². The molecule has 9 heavy (non-hydrogen) atoms. The summed E-state index contributed by atoms with van der Waals surface area (Å²) in [5, 5.41) is 0. The molecule has 0 atom stereocenters. The van der Waals surface area contributed by atoms with Crippen LogP contribution in [0.15, 0.2) is 27.1 Å². The zero-order chi connectivity index (χ0) is 5.98. The van der Waals surface area contributed by atoms with Gasteiger partial charge in [0, 0.05) is 32.7 Å². The summed E-state index contributed by atoms with van der Waals surface area (Å²) < 4.78 is 2.10. The Bertz CT molecular complexity index is 171. The van der Waals surface area contributed by atoms with Gasteiger partial charge in [0.2, 0.25) is 0 Å². The molecule has 0 aliphatic carbocycles. The van der Waals surface area contributed by atoms with Crippen LogP contribution in [0.25, 0.3) is 0 Å². The predicted octanol–water partition coefficient (Wildman–Crippen LogP) is 3.01. The van der Waals surface area contributed by atoms with Crippen LogP contribution in [0.3, 0.4) is 0 Å². The van der Waals surface area contributed by atoms with Crippen molar-refractivity contribution in [3.63, 3.8) is 0 Å². The Balaban J connectivity index is 0.000000640. The molecule has 0 amide bonds. The Morgan fingerprint density at radius 2 is 1.56 bits per heavy atom. The smallest absolute Gasteiger partial charge is 0 e. The summed E-state index contributed by atoms with van der Waals surface area (Å²) in [5.74, 6) is 0. The topological polar surface area (TPSA) is 0 Å². The van der Waals surface area contributed by atoms with Crippen molar-refractivity contribution in [2.24, 2.45) is 0 Å². The molecule has 0 fully saturated rings. The fraction of sp³-hybridized carbons (Fsp3) is 0. The second-order valence-corrected chi connectivity index (χ2v) is 3.20. The van der Waals surface area contributed by atoms with Gasteiger partial charge in [-0.2, -0.15) is 18.2 Å². The van der Waals surface area contributed by atoms with Crippen molar-refractivity contribution in [2.45, 2.75) is 0 Å². The van der Waals surface area contributed by atoms with Crippen LogP contribution in [-0.2, 0) is 32.7 Å². The van der Waals surface area contributed by atoms with Crippen molar-refractivity contribution in [3.05, 3.63) is 33.2 Å². The van der Waals surface area contributed by atoms with Crippen molar-refractivity contribution in [2.75, 3.05) is 0 Å². The number of hydrogen-bond acceptors (Lipinski definition) is 0. The van der Waals surface area contributed by atoms with Gasteiger partial charge in [0.1, 0.15) is 0 Å². The third-order valence-electron chi connectivity index (χ3n) is 0.718. The molecule has 0 heterocycles. The fourth-order valence-electron chi connectivity index (χ4n) is 0.416. The standard InChI is InChI=1S/C6H3Br2.Y/c7-5-2-1-3-6(8)4-5;/h2-4H;/q-1;. The van der Waals surface area contributed by atoms with E-state index in [4.69, 9.17) is 0 Å². The largest absolute Gasteiger partial charge is 0.182 e. The van der Waals surface area contributed by atoms with Crippen molar-refractivity contribution in [1.82, 2.24) is 0 Å². The molecule has 0 aromatic heterocycles. The molecule has 0 N–H and O–H groups in total. The van der Waals surface area contributed by atoms with E-state index in [-0.39, 0.29) is 32.7 Å². The van der Waals surface area contributed by atoms with Crippen LogP contribution < -0.4 is 0 Å². The molecule has 0 nitrogen and oxygen atoms in total. The molecule has 1 aromatic rings. The van der Waals surface area contributed by atoms with Gasteiger partial charge in [0.05, 0.1) is 0 Å². The van der Waals surface area contributed by atoms with Crippen molar-refractivity contribution >= 4 is 31.9 Å². The Morgan fingerprint density at radius 3 is 1.78 bits per heavy atom. The molecule has 1 radical (unpaired) electrons. The van der Waals surface area contributed by atoms with Gasteiger partial charge in [0.15, 0.2) is 0 Å². The minimum absolute atomic E-state index is 0. The molecule has 0 aliphatic rings. The van der Waals surface area contributed by atoms with E-state index in [1.54, 1.807) is 0 Å². The van der Waals surface area contributed by atoms with E-state index >= 15 is 0 Å². The van der Waals surface area contributed by atoms with Gasteiger partial charge < -0.3 is 0 Å². The first-order chi connectivity index (χ1) is 3.79. The van der Waals surface area contributed by atoms with Gasteiger partial charge in [-0.15, -0.1) is 37.9 Å². The van der Waals surface area contributed by atoms with Crippen LogP contribution in [0.4, 0.5) is 0 Å². The number of hydrogen-bond donors (Lipinski definition) is 0. The molecule has 3 heteroatoms. The quantitative estimate of drug-likeness (QED) is 0.644. The van der Waals surface area contributed by atoms with E-state index in [0.717, 1.165) is 8.95 Å². The van der Waals surface area contributed by atoms with E-state index in [9.17, 15) is 0 Å². The monoisotopic (exact) mass is 322 g/mol. The minimum atomic E-state index is 0. The summed E-state index contributed by atoms with van der Waals surface area (Å²) in [7, 11) is 0. The molecule has 0 unspecified atom stereocenters. The summed E-state index contributed by atoms with van der Waals surface area (Å²) in [5.41, 5.74) is 0. The van der Waals surface area contributed by atoms with E-state index in [1.807, 2.05) is 18.2 Å². The zero-order valence-corrected chi connectivity index (χ0v) is 10.6. The maximum Gasteiger partial charge on any atom is 0 e. The number of benzene rings is 1. The molecular weight excluding hydrogens is 321 g/mol. The second kappa shape index (κ2) is 5.00. The van der Waals surface area contributed by atoms with E-state index < -0.39 is 0 Å². The summed E-state index contributed by atoms with van der Waals surface area (Å²) >= 11 is 6.60. The fourth-order valence-corrected chi connectivity index (χ4v) is 1.48. The van der Waals surface area contributed by atoms with Crippen molar-refractivity contribution in [3.8, 4) is 0 Å². The van der Waals surface area contributed by atoms with Crippen LogP contribution in [0.2, 0.25) is 0 Å². The molecule has 45 valence electrons.